The van der Waals surface area contributed by atoms with Gasteiger partial charge in [0.05, 0.1) is 6.61 Å². The summed E-state index contributed by atoms with van der Waals surface area (Å²) in [6.45, 7) is 0.0337. The maximum absolute atomic E-state index is 11.5. The Hall–Kier alpha value is -1.16. The van der Waals surface area contributed by atoms with Gasteiger partial charge in [0.1, 0.15) is 0 Å². The van der Waals surface area contributed by atoms with E-state index in [9.17, 15) is 9.59 Å². The zero-order valence-corrected chi connectivity index (χ0v) is 9.97. The molecule has 0 fully saturated rings. The van der Waals surface area contributed by atoms with Crippen LogP contribution in [-0.4, -0.2) is 28.6 Å². The second-order valence-electron chi connectivity index (χ2n) is 4.56. The molecule has 0 radical (unpaired) electrons. The lowest BCUT2D eigenvalue weighted by Gasteiger charge is -2.15. The van der Waals surface area contributed by atoms with Crippen molar-refractivity contribution in [2.45, 2.75) is 38.5 Å². The Morgan fingerprint density at radius 1 is 1.24 bits per heavy atom. The van der Waals surface area contributed by atoms with Crippen molar-refractivity contribution in [2.75, 3.05) is 6.61 Å². The van der Waals surface area contributed by atoms with E-state index in [1.54, 1.807) is 12.2 Å². The lowest BCUT2D eigenvalue weighted by Crippen LogP contribution is -2.18. The summed E-state index contributed by atoms with van der Waals surface area (Å²) in [6, 6.07) is 0. The van der Waals surface area contributed by atoms with Gasteiger partial charge in [0.25, 0.3) is 0 Å². The SMILES string of the molecule is O=C(O)CCCCCCC1C(=O)C=CC1CO. The van der Waals surface area contributed by atoms with Crippen molar-refractivity contribution in [1.82, 2.24) is 0 Å². The Morgan fingerprint density at radius 2 is 1.94 bits per heavy atom. The first-order chi connectivity index (χ1) is 8.15. The summed E-state index contributed by atoms with van der Waals surface area (Å²) < 4.78 is 0. The number of rotatable bonds is 8. The minimum absolute atomic E-state index is 0.0125. The zero-order chi connectivity index (χ0) is 12.7. The molecule has 1 rings (SSSR count). The van der Waals surface area contributed by atoms with Crippen LogP contribution in [0.4, 0.5) is 0 Å². The molecule has 0 aromatic carbocycles. The van der Waals surface area contributed by atoms with Crippen molar-refractivity contribution in [3.05, 3.63) is 12.2 Å². The van der Waals surface area contributed by atoms with E-state index in [2.05, 4.69) is 0 Å². The predicted molar refractivity (Wildman–Crippen MR) is 63.6 cm³/mol. The highest BCUT2D eigenvalue weighted by atomic mass is 16.4. The highest BCUT2D eigenvalue weighted by Crippen LogP contribution is 2.27. The van der Waals surface area contributed by atoms with E-state index in [1.165, 1.54) is 0 Å². The smallest absolute Gasteiger partial charge is 0.303 e. The number of hydrogen-bond acceptors (Lipinski definition) is 3. The number of unbranched alkanes of at least 4 members (excludes halogenated alkanes) is 3. The molecule has 1 aliphatic carbocycles. The largest absolute Gasteiger partial charge is 0.481 e. The van der Waals surface area contributed by atoms with Crippen LogP contribution in [0, 0.1) is 11.8 Å². The summed E-state index contributed by atoms with van der Waals surface area (Å²) in [5.41, 5.74) is 0. The van der Waals surface area contributed by atoms with Gasteiger partial charge in [0.15, 0.2) is 5.78 Å². The van der Waals surface area contributed by atoms with Crippen LogP contribution in [0.3, 0.4) is 0 Å². The van der Waals surface area contributed by atoms with Crippen LogP contribution >= 0.6 is 0 Å². The zero-order valence-electron chi connectivity index (χ0n) is 9.97. The minimum Gasteiger partial charge on any atom is -0.481 e. The van der Waals surface area contributed by atoms with Crippen molar-refractivity contribution in [3.63, 3.8) is 0 Å². The molecule has 4 heteroatoms. The molecule has 2 N–H and O–H groups in total. The van der Waals surface area contributed by atoms with Gasteiger partial charge in [-0.3, -0.25) is 9.59 Å². The van der Waals surface area contributed by atoms with Gasteiger partial charge in [-0.25, -0.2) is 0 Å². The second kappa shape index (κ2) is 7.22. The van der Waals surface area contributed by atoms with E-state index in [1.807, 2.05) is 0 Å². The molecule has 0 heterocycles. The van der Waals surface area contributed by atoms with Gasteiger partial charge < -0.3 is 10.2 Å². The first kappa shape index (κ1) is 13.9. The average Bonchev–Trinajstić information content (AvgIpc) is 2.64. The predicted octanol–water partition coefficient (Wildman–Crippen LogP) is 1.78. The summed E-state index contributed by atoms with van der Waals surface area (Å²) in [6.07, 6.45) is 7.85. The summed E-state index contributed by atoms with van der Waals surface area (Å²) >= 11 is 0. The number of hydrogen-bond donors (Lipinski definition) is 2. The molecule has 0 amide bonds. The molecule has 17 heavy (non-hydrogen) atoms. The standard InChI is InChI=1S/C13H20O4/c14-9-10-7-8-12(15)11(10)5-3-1-2-4-6-13(16)17/h7-8,10-11,14H,1-6,9H2,(H,16,17). The van der Waals surface area contributed by atoms with Crippen molar-refractivity contribution >= 4 is 11.8 Å². The van der Waals surface area contributed by atoms with Gasteiger partial charge in [-0.2, -0.15) is 0 Å². The van der Waals surface area contributed by atoms with E-state index in [4.69, 9.17) is 10.2 Å². The third kappa shape index (κ3) is 4.69. The Morgan fingerprint density at radius 3 is 2.59 bits per heavy atom. The van der Waals surface area contributed by atoms with Gasteiger partial charge in [-0.1, -0.05) is 25.3 Å². The molecule has 0 bridgehead atoms. The Kier molecular flexibility index (Phi) is 5.91. The first-order valence-corrected chi connectivity index (χ1v) is 6.20. The number of allylic oxidation sites excluding steroid dienone is 1. The van der Waals surface area contributed by atoms with Gasteiger partial charge in [-0.15, -0.1) is 0 Å². The fourth-order valence-electron chi connectivity index (χ4n) is 2.23. The molecule has 2 atom stereocenters. The van der Waals surface area contributed by atoms with Gasteiger partial charge >= 0.3 is 5.97 Å². The van der Waals surface area contributed by atoms with E-state index in [-0.39, 0.29) is 30.6 Å². The van der Waals surface area contributed by atoms with E-state index >= 15 is 0 Å². The van der Waals surface area contributed by atoms with Crippen molar-refractivity contribution < 1.29 is 19.8 Å². The summed E-state index contributed by atoms with van der Waals surface area (Å²) in [5, 5.41) is 17.6. The van der Waals surface area contributed by atoms with E-state index < -0.39 is 5.97 Å². The summed E-state index contributed by atoms with van der Waals surface area (Å²) in [5.74, 6) is -0.698. The molecule has 4 nitrogen and oxygen atoms in total. The summed E-state index contributed by atoms with van der Waals surface area (Å²) in [4.78, 5) is 21.8. The topological polar surface area (TPSA) is 74.6 Å². The van der Waals surface area contributed by atoms with Crippen LogP contribution in [0.2, 0.25) is 0 Å². The van der Waals surface area contributed by atoms with E-state index in [0.29, 0.717) is 6.42 Å². The number of ketones is 1. The first-order valence-electron chi connectivity index (χ1n) is 6.20. The van der Waals surface area contributed by atoms with Gasteiger partial charge in [0, 0.05) is 18.3 Å². The number of carboxylic acid groups (broad SMARTS) is 1. The molecule has 0 spiro atoms. The van der Waals surface area contributed by atoms with Crippen molar-refractivity contribution in [3.8, 4) is 0 Å². The molecule has 1 aliphatic rings. The fourth-order valence-corrected chi connectivity index (χ4v) is 2.23. The van der Waals surface area contributed by atoms with E-state index in [0.717, 1.165) is 25.7 Å². The third-order valence-corrected chi connectivity index (χ3v) is 3.26. The third-order valence-electron chi connectivity index (χ3n) is 3.26. The fraction of sp³-hybridized carbons (Fsp3) is 0.692. The minimum atomic E-state index is -0.750. The molecule has 0 saturated heterocycles. The number of aliphatic hydroxyl groups excluding tert-OH is 1. The second-order valence-corrected chi connectivity index (χ2v) is 4.56. The van der Waals surface area contributed by atoms with Crippen LogP contribution in [0.1, 0.15) is 38.5 Å². The lowest BCUT2D eigenvalue weighted by molar-refractivity contribution is -0.137. The molecule has 96 valence electrons. The van der Waals surface area contributed by atoms with Crippen LogP contribution in [0.15, 0.2) is 12.2 Å². The quantitative estimate of drug-likeness (QED) is 0.634. The molecule has 0 saturated carbocycles. The van der Waals surface area contributed by atoms with Gasteiger partial charge in [0.2, 0.25) is 0 Å². The molecule has 0 aromatic rings. The maximum Gasteiger partial charge on any atom is 0.303 e. The number of carboxylic acids is 1. The maximum atomic E-state index is 11.5. The molecular formula is C13H20O4. The van der Waals surface area contributed by atoms with Crippen molar-refractivity contribution in [2.24, 2.45) is 11.8 Å². The van der Waals surface area contributed by atoms with Crippen LogP contribution < -0.4 is 0 Å². The average molecular weight is 240 g/mol. The number of carbonyl (C=O) groups excluding carboxylic acids is 1. The molecule has 2 unspecified atom stereocenters. The van der Waals surface area contributed by atoms with Crippen molar-refractivity contribution in [1.29, 1.82) is 0 Å². The molecule has 0 aliphatic heterocycles. The normalized spacial score (nSPS) is 23.2. The highest BCUT2D eigenvalue weighted by molar-refractivity contribution is 5.94. The monoisotopic (exact) mass is 240 g/mol. The lowest BCUT2D eigenvalue weighted by atomic mass is 9.90. The molecule has 0 aromatic heterocycles. The van der Waals surface area contributed by atoms with Gasteiger partial charge in [-0.05, 0) is 18.9 Å². The van der Waals surface area contributed by atoms with Crippen LogP contribution in [0.25, 0.3) is 0 Å². The number of aliphatic carboxylic acids is 1. The summed E-state index contributed by atoms with van der Waals surface area (Å²) in [7, 11) is 0. The number of aliphatic hydroxyl groups is 1. The Labute approximate surface area is 101 Å². The van der Waals surface area contributed by atoms with Crippen LogP contribution in [0.5, 0.6) is 0 Å². The molecular weight excluding hydrogens is 220 g/mol. The Bertz CT molecular complexity index is 296. The highest BCUT2D eigenvalue weighted by Gasteiger charge is 2.28. The Balaban J connectivity index is 2.10. The van der Waals surface area contributed by atoms with Crippen LogP contribution in [-0.2, 0) is 9.59 Å². The number of carbonyl (C=O) groups is 2.